The van der Waals surface area contributed by atoms with E-state index >= 15 is 0 Å². The molecule has 0 amide bonds. The Balaban J connectivity index is 2.09. The molecule has 17 heavy (non-hydrogen) atoms. The van der Waals surface area contributed by atoms with E-state index in [9.17, 15) is 5.11 Å². The molecule has 1 aromatic carbocycles. The van der Waals surface area contributed by atoms with E-state index in [1.54, 1.807) is 0 Å². The molecule has 0 saturated carbocycles. The van der Waals surface area contributed by atoms with Gasteiger partial charge in [-0.2, -0.15) is 0 Å². The quantitative estimate of drug-likeness (QED) is 0.841. The number of benzene rings is 1. The van der Waals surface area contributed by atoms with Gasteiger partial charge in [-0.05, 0) is 37.5 Å². The minimum Gasteiger partial charge on any atom is -0.388 e. The van der Waals surface area contributed by atoms with E-state index in [0.29, 0.717) is 6.54 Å². The van der Waals surface area contributed by atoms with Gasteiger partial charge in [0.2, 0.25) is 0 Å². The summed E-state index contributed by atoms with van der Waals surface area (Å²) >= 11 is 0. The molecule has 1 heterocycles. The Bertz CT molecular complexity index is 372. The fourth-order valence-corrected chi connectivity index (χ4v) is 2.33. The van der Waals surface area contributed by atoms with E-state index in [1.165, 1.54) is 11.3 Å². The molecule has 1 saturated heterocycles. The molecular weight excluding hydrogens is 212 g/mol. The van der Waals surface area contributed by atoms with Gasteiger partial charge >= 0.3 is 0 Å². The Morgan fingerprint density at radius 3 is 2.53 bits per heavy atom. The number of β-amino-alcohol motifs (C(OH)–C–C–N with tert-alkyl or cyclic N) is 1. The highest BCUT2D eigenvalue weighted by Crippen LogP contribution is 2.27. The van der Waals surface area contributed by atoms with Crippen LogP contribution in [0.2, 0.25) is 0 Å². The summed E-state index contributed by atoms with van der Waals surface area (Å²) in [5.41, 5.74) is 7.80. The average molecular weight is 234 g/mol. The van der Waals surface area contributed by atoms with Crippen molar-refractivity contribution in [3.63, 3.8) is 0 Å². The highest BCUT2D eigenvalue weighted by molar-refractivity contribution is 5.49. The van der Waals surface area contributed by atoms with Crippen LogP contribution in [0.25, 0.3) is 0 Å². The SMILES string of the molecule is CC[C@H](N)c1ccc(N2CCC(C)(O)C2)cc1. The summed E-state index contributed by atoms with van der Waals surface area (Å²) in [6.07, 6.45) is 1.79. The van der Waals surface area contributed by atoms with Crippen molar-refractivity contribution in [2.45, 2.75) is 38.3 Å². The average Bonchev–Trinajstić information content (AvgIpc) is 2.69. The molecule has 2 atom stereocenters. The summed E-state index contributed by atoms with van der Waals surface area (Å²) in [6, 6.07) is 8.52. The molecule has 94 valence electrons. The van der Waals surface area contributed by atoms with Crippen LogP contribution in [0.1, 0.15) is 38.3 Å². The third kappa shape index (κ3) is 2.79. The van der Waals surface area contributed by atoms with Gasteiger partial charge in [-0.3, -0.25) is 0 Å². The predicted molar refractivity (Wildman–Crippen MR) is 71.1 cm³/mol. The molecule has 3 nitrogen and oxygen atoms in total. The first-order valence-corrected chi connectivity index (χ1v) is 6.35. The first-order valence-electron chi connectivity index (χ1n) is 6.35. The number of aliphatic hydroxyl groups is 1. The molecule has 1 aliphatic heterocycles. The van der Waals surface area contributed by atoms with Crippen molar-refractivity contribution < 1.29 is 5.11 Å². The second-order valence-corrected chi connectivity index (χ2v) is 5.27. The van der Waals surface area contributed by atoms with Gasteiger partial charge in [-0.1, -0.05) is 19.1 Å². The molecule has 3 heteroatoms. The van der Waals surface area contributed by atoms with Gasteiger partial charge in [0.1, 0.15) is 0 Å². The molecule has 3 N–H and O–H groups in total. The van der Waals surface area contributed by atoms with Gasteiger partial charge in [0.25, 0.3) is 0 Å². The van der Waals surface area contributed by atoms with Crippen LogP contribution in [0, 0.1) is 0 Å². The number of hydrogen-bond donors (Lipinski definition) is 2. The van der Waals surface area contributed by atoms with Crippen LogP contribution >= 0.6 is 0 Å². The van der Waals surface area contributed by atoms with Crippen LogP contribution in [-0.4, -0.2) is 23.8 Å². The van der Waals surface area contributed by atoms with Crippen molar-refractivity contribution in [2.24, 2.45) is 5.73 Å². The molecule has 0 aromatic heterocycles. The molecule has 0 spiro atoms. The van der Waals surface area contributed by atoms with E-state index in [1.807, 2.05) is 6.92 Å². The normalized spacial score (nSPS) is 26.2. The highest BCUT2D eigenvalue weighted by Gasteiger charge is 2.31. The summed E-state index contributed by atoms with van der Waals surface area (Å²) < 4.78 is 0. The Labute approximate surface area is 103 Å². The van der Waals surface area contributed by atoms with Crippen molar-refractivity contribution >= 4 is 5.69 Å². The van der Waals surface area contributed by atoms with Crippen LogP contribution in [0.4, 0.5) is 5.69 Å². The van der Waals surface area contributed by atoms with E-state index in [4.69, 9.17) is 5.73 Å². The molecule has 1 fully saturated rings. The van der Waals surface area contributed by atoms with Crippen LogP contribution < -0.4 is 10.6 Å². The maximum Gasteiger partial charge on any atom is 0.0810 e. The Hall–Kier alpha value is -1.06. The molecule has 0 bridgehead atoms. The van der Waals surface area contributed by atoms with Crippen LogP contribution in [0.5, 0.6) is 0 Å². The highest BCUT2D eigenvalue weighted by atomic mass is 16.3. The lowest BCUT2D eigenvalue weighted by Crippen LogP contribution is -2.29. The summed E-state index contributed by atoms with van der Waals surface area (Å²) in [5.74, 6) is 0. The smallest absolute Gasteiger partial charge is 0.0810 e. The van der Waals surface area contributed by atoms with E-state index in [0.717, 1.165) is 19.4 Å². The summed E-state index contributed by atoms with van der Waals surface area (Å²) in [5, 5.41) is 9.95. The summed E-state index contributed by atoms with van der Waals surface area (Å²) in [7, 11) is 0. The first kappa shape index (κ1) is 12.4. The Morgan fingerprint density at radius 2 is 2.06 bits per heavy atom. The Morgan fingerprint density at radius 1 is 1.41 bits per heavy atom. The topological polar surface area (TPSA) is 49.5 Å². The molecular formula is C14H22N2O. The van der Waals surface area contributed by atoms with Gasteiger partial charge < -0.3 is 15.7 Å². The molecule has 0 radical (unpaired) electrons. The van der Waals surface area contributed by atoms with Gasteiger partial charge in [0.05, 0.1) is 5.60 Å². The summed E-state index contributed by atoms with van der Waals surface area (Å²) in [6.45, 7) is 5.63. The second-order valence-electron chi connectivity index (χ2n) is 5.27. The molecule has 1 aromatic rings. The maximum absolute atomic E-state index is 9.95. The molecule has 2 rings (SSSR count). The lowest BCUT2D eigenvalue weighted by molar-refractivity contribution is 0.0839. The van der Waals surface area contributed by atoms with Crippen molar-refractivity contribution in [1.82, 2.24) is 0 Å². The fraction of sp³-hybridized carbons (Fsp3) is 0.571. The first-order chi connectivity index (χ1) is 8.02. The fourth-order valence-electron chi connectivity index (χ4n) is 2.33. The monoisotopic (exact) mass is 234 g/mol. The largest absolute Gasteiger partial charge is 0.388 e. The van der Waals surface area contributed by atoms with Crippen molar-refractivity contribution in [1.29, 1.82) is 0 Å². The minimum absolute atomic E-state index is 0.130. The van der Waals surface area contributed by atoms with Gasteiger partial charge in [0.15, 0.2) is 0 Å². The number of nitrogens with zero attached hydrogens (tertiary/aromatic N) is 1. The lowest BCUT2D eigenvalue weighted by atomic mass is 10.1. The van der Waals surface area contributed by atoms with Crippen molar-refractivity contribution in [3.05, 3.63) is 29.8 Å². The van der Waals surface area contributed by atoms with E-state index in [-0.39, 0.29) is 6.04 Å². The lowest BCUT2D eigenvalue weighted by Gasteiger charge is -2.21. The number of hydrogen-bond acceptors (Lipinski definition) is 3. The van der Waals surface area contributed by atoms with Crippen LogP contribution in [0.15, 0.2) is 24.3 Å². The van der Waals surface area contributed by atoms with E-state index < -0.39 is 5.60 Å². The zero-order chi connectivity index (χ0) is 12.5. The maximum atomic E-state index is 9.95. The Kier molecular flexibility index (Phi) is 3.40. The second kappa shape index (κ2) is 4.67. The van der Waals surface area contributed by atoms with Crippen LogP contribution in [-0.2, 0) is 0 Å². The summed E-state index contributed by atoms with van der Waals surface area (Å²) in [4.78, 5) is 2.22. The van der Waals surface area contributed by atoms with Gasteiger partial charge in [-0.25, -0.2) is 0 Å². The predicted octanol–water partition coefficient (Wildman–Crippen LogP) is 2.06. The number of anilines is 1. The number of nitrogens with two attached hydrogens (primary N) is 1. The molecule has 1 aliphatic rings. The third-order valence-electron chi connectivity index (χ3n) is 3.58. The standard InChI is InChI=1S/C14H22N2O/c1-3-13(15)11-4-6-12(7-5-11)16-9-8-14(2,17)10-16/h4-7,13,17H,3,8-10,15H2,1-2H3/t13-,14?/m0/s1. The zero-order valence-corrected chi connectivity index (χ0v) is 10.7. The molecule has 1 unspecified atom stereocenters. The van der Waals surface area contributed by atoms with E-state index in [2.05, 4.69) is 36.1 Å². The zero-order valence-electron chi connectivity index (χ0n) is 10.7. The van der Waals surface area contributed by atoms with Crippen LogP contribution in [0.3, 0.4) is 0 Å². The number of rotatable bonds is 3. The molecule has 0 aliphatic carbocycles. The van der Waals surface area contributed by atoms with Gasteiger partial charge in [-0.15, -0.1) is 0 Å². The van der Waals surface area contributed by atoms with Crippen molar-refractivity contribution in [3.8, 4) is 0 Å². The minimum atomic E-state index is -0.543. The third-order valence-corrected chi connectivity index (χ3v) is 3.58. The van der Waals surface area contributed by atoms with Crippen molar-refractivity contribution in [2.75, 3.05) is 18.0 Å². The van der Waals surface area contributed by atoms with Gasteiger partial charge in [0, 0.05) is 24.8 Å².